The van der Waals surface area contributed by atoms with Gasteiger partial charge in [0.1, 0.15) is 5.75 Å². The van der Waals surface area contributed by atoms with Crippen molar-refractivity contribution in [2.45, 2.75) is 38.5 Å². The number of nitrogens with one attached hydrogen (secondary N) is 1. The lowest BCUT2D eigenvalue weighted by atomic mass is 10.0. The molecule has 0 aromatic heterocycles. The molecule has 1 aromatic carbocycles. The van der Waals surface area contributed by atoms with Gasteiger partial charge in [-0.25, -0.2) is 4.79 Å². The Bertz CT molecular complexity index is 478. The molecule has 0 heterocycles. The molecule has 1 amide bonds. The fourth-order valence-corrected chi connectivity index (χ4v) is 2.64. The predicted octanol–water partition coefficient (Wildman–Crippen LogP) is 3.06. The lowest BCUT2D eigenvalue weighted by Crippen LogP contribution is -2.13. The number of carboxylic acids is 1. The highest BCUT2D eigenvalue weighted by Gasteiger charge is 2.16. The highest BCUT2D eigenvalue weighted by atomic mass is 16.5. The summed E-state index contributed by atoms with van der Waals surface area (Å²) in [5.74, 6) is 0.198. The maximum absolute atomic E-state index is 11.8. The maximum Gasteiger partial charge on any atom is 0.341 e. The molecule has 0 unspecified atom stereocenters. The zero-order chi connectivity index (χ0) is 15.1. The molecule has 1 aromatic rings. The molecule has 0 aliphatic heterocycles. The molecule has 2 rings (SSSR count). The second kappa shape index (κ2) is 7.67. The zero-order valence-corrected chi connectivity index (χ0v) is 12.0. The number of hydrogen-bond acceptors (Lipinski definition) is 3. The van der Waals surface area contributed by atoms with Crippen LogP contribution >= 0.6 is 0 Å². The van der Waals surface area contributed by atoms with Crippen molar-refractivity contribution in [3.8, 4) is 5.75 Å². The van der Waals surface area contributed by atoms with E-state index < -0.39 is 5.97 Å². The van der Waals surface area contributed by atoms with Crippen molar-refractivity contribution in [2.75, 3.05) is 11.9 Å². The fraction of sp³-hybridized carbons (Fsp3) is 0.500. The minimum absolute atomic E-state index is 0.0288. The van der Waals surface area contributed by atoms with Gasteiger partial charge in [-0.3, -0.25) is 4.79 Å². The van der Waals surface area contributed by atoms with E-state index in [1.165, 1.54) is 25.7 Å². The van der Waals surface area contributed by atoms with Gasteiger partial charge in [0.05, 0.1) is 0 Å². The third-order valence-electron chi connectivity index (χ3n) is 3.75. The molecule has 0 saturated heterocycles. The van der Waals surface area contributed by atoms with Crippen LogP contribution in [-0.4, -0.2) is 23.6 Å². The van der Waals surface area contributed by atoms with Gasteiger partial charge in [0.25, 0.3) is 0 Å². The first-order chi connectivity index (χ1) is 10.1. The van der Waals surface area contributed by atoms with Gasteiger partial charge in [-0.1, -0.05) is 25.7 Å². The third-order valence-corrected chi connectivity index (χ3v) is 3.75. The van der Waals surface area contributed by atoms with Gasteiger partial charge >= 0.3 is 5.97 Å². The Labute approximate surface area is 124 Å². The van der Waals surface area contributed by atoms with Crippen LogP contribution in [0.5, 0.6) is 5.75 Å². The van der Waals surface area contributed by atoms with Gasteiger partial charge in [-0.2, -0.15) is 0 Å². The van der Waals surface area contributed by atoms with Crippen LogP contribution in [0.15, 0.2) is 24.3 Å². The second-order valence-electron chi connectivity index (χ2n) is 5.44. The van der Waals surface area contributed by atoms with Gasteiger partial charge in [0.2, 0.25) is 5.91 Å². The average molecular weight is 291 g/mol. The average Bonchev–Trinajstić information content (AvgIpc) is 2.98. The van der Waals surface area contributed by atoms with E-state index in [-0.39, 0.29) is 12.5 Å². The van der Waals surface area contributed by atoms with Crippen molar-refractivity contribution in [1.82, 2.24) is 0 Å². The van der Waals surface area contributed by atoms with E-state index in [1.54, 1.807) is 24.3 Å². The highest BCUT2D eigenvalue weighted by Crippen LogP contribution is 2.28. The van der Waals surface area contributed by atoms with E-state index in [0.717, 1.165) is 6.42 Å². The summed E-state index contributed by atoms with van der Waals surface area (Å²) in [5.41, 5.74) is 0.703. The maximum atomic E-state index is 11.8. The Morgan fingerprint density at radius 1 is 1.19 bits per heavy atom. The van der Waals surface area contributed by atoms with Crippen LogP contribution in [0.3, 0.4) is 0 Å². The van der Waals surface area contributed by atoms with Crippen molar-refractivity contribution in [2.24, 2.45) is 5.92 Å². The molecule has 114 valence electrons. The SMILES string of the molecule is O=C(O)COc1ccc(NC(=O)CCC2CCCC2)cc1. The van der Waals surface area contributed by atoms with Gasteiger partial charge < -0.3 is 15.2 Å². The van der Waals surface area contributed by atoms with Crippen LogP contribution < -0.4 is 10.1 Å². The van der Waals surface area contributed by atoms with Gasteiger partial charge in [-0.05, 0) is 36.6 Å². The lowest BCUT2D eigenvalue weighted by Gasteiger charge is -2.09. The number of carbonyl (C=O) groups excluding carboxylic acids is 1. The van der Waals surface area contributed by atoms with Gasteiger partial charge in [0.15, 0.2) is 6.61 Å². The molecule has 0 atom stereocenters. The number of benzene rings is 1. The summed E-state index contributed by atoms with van der Waals surface area (Å²) < 4.78 is 5.03. The second-order valence-corrected chi connectivity index (χ2v) is 5.44. The van der Waals surface area contributed by atoms with E-state index >= 15 is 0 Å². The van der Waals surface area contributed by atoms with E-state index in [1.807, 2.05) is 0 Å². The minimum Gasteiger partial charge on any atom is -0.482 e. The van der Waals surface area contributed by atoms with E-state index in [0.29, 0.717) is 23.8 Å². The molecule has 5 nitrogen and oxygen atoms in total. The molecule has 21 heavy (non-hydrogen) atoms. The monoisotopic (exact) mass is 291 g/mol. The van der Waals surface area contributed by atoms with Crippen LogP contribution in [-0.2, 0) is 9.59 Å². The molecule has 5 heteroatoms. The number of aliphatic carboxylic acids is 1. The molecule has 0 radical (unpaired) electrons. The predicted molar refractivity (Wildman–Crippen MR) is 79.4 cm³/mol. The molecule has 2 N–H and O–H groups in total. The summed E-state index contributed by atoms with van der Waals surface area (Å²) in [6.45, 7) is -0.368. The first kappa shape index (κ1) is 15.4. The Morgan fingerprint density at radius 3 is 2.48 bits per heavy atom. The van der Waals surface area contributed by atoms with E-state index in [4.69, 9.17) is 9.84 Å². The molecule has 1 aliphatic rings. The minimum atomic E-state index is -1.01. The molecular formula is C16H21NO4. The summed E-state index contributed by atoms with van der Waals surface area (Å²) >= 11 is 0. The van der Waals surface area contributed by atoms with Gasteiger partial charge in [-0.15, -0.1) is 0 Å². The number of hydrogen-bond donors (Lipinski definition) is 2. The van der Waals surface area contributed by atoms with Crippen LogP contribution in [0.4, 0.5) is 5.69 Å². The summed E-state index contributed by atoms with van der Waals surface area (Å²) in [6.07, 6.45) is 6.62. The Morgan fingerprint density at radius 2 is 1.86 bits per heavy atom. The smallest absolute Gasteiger partial charge is 0.341 e. The van der Waals surface area contributed by atoms with Gasteiger partial charge in [0, 0.05) is 12.1 Å². The number of rotatable bonds is 7. The molecule has 0 spiro atoms. The molecule has 1 fully saturated rings. The number of ether oxygens (including phenoxy) is 1. The first-order valence-corrected chi connectivity index (χ1v) is 7.38. The number of amides is 1. The standard InChI is InChI=1S/C16H21NO4/c18-15(10-5-12-3-1-2-4-12)17-13-6-8-14(9-7-13)21-11-16(19)20/h6-9,12H,1-5,10-11H2,(H,17,18)(H,19,20). The van der Waals surface area contributed by atoms with Crippen LogP contribution in [0.25, 0.3) is 0 Å². The number of anilines is 1. The Hall–Kier alpha value is -2.04. The fourth-order valence-electron chi connectivity index (χ4n) is 2.64. The molecule has 0 bridgehead atoms. The largest absolute Gasteiger partial charge is 0.482 e. The topological polar surface area (TPSA) is 75.6 Å². The van der Waals surface area contributed by atoms with Crippen molar-refractivity contribution in [3.05, 3.63) is 24.3 Å². The molecular weight excluding hydrogens is 270 g/mol. The molecule has 1 saturated carbocycles. The van der Waals surface area contributed by atoms with Crippen LogP contribution in [0.1, 0.15) is 38.5 Å². The summed E-state index contributed by atoms with van der Waals surface area (Å²) in [5, 5.41) is 11.4. The van der Waals surface area contributed by atoms with E-state index in [9.17, 15) is 9.59 Å². The van der Waals surface area contributed by atoms with Crippen LogP contribution in [0.2, 0.25) is 0 Å². The van der Waals surface area contributed by atoms with Crippen molar-refractivity contribution in [3.63, 3.8) is 0 Å². The number of carbonyl (C=O) groups is 2. The van der Waals surface area contributed by atoms with Crippen molar-refractivity contribution in [1.29, 1.82) is 0 Å². The number of carboxylic acid groups (broad SMARTS) is 1. The quantitative estimate of drug-likeness (QED) is 0.809. The zero-order valence-electron chi connectivity index (χ0n) is 12.0. The normalized spacial score (nSPS) is 14.9. The summed E-state index contributed by atoms with van der Waals surface area (Å²) in [7, 11) is 0. The van der Waals surface area contributed by atoms with Crippen molar-refractivity contribution >= 4 is 17.6 Å². The first-order valence-electron chi connectivity index (χ1n) is 7.38. The summed E-state index contributed by atoms with van der Waals surface area (Å²) in [4.78, 5) is 22.2. The Kier molecular flexibility index (Phi) is 5.60. The third kappa shape index (κ3) is 5.45. The van der Waals surface area contributed by atoms with E-state index in [2.05, 4.69) is 5.32 Å². The lowest BCUT2D eigenvalue weighted by molar-refractivity contribution is -0.139. The Balaban J connectivity index is 1.73. The van der Waals surface area contributed by atoms with Crippen LogP contribution in [0, 0.1) is 5.92 Å². The highest BCUT2D eigenvalue weighted by molar-refractivity contribution is 5.90. The van der Waals surface area contributed by atoms with Crippen molar-refractivity contribution < 1.29 is 19.4 Å². The summed E-state index contributed by atoms with van der Waals surface area (Å²) in [6, 6.07) is 6.72. The molecule has 1 aliphatic carbocycles.